The summed E-state index contributed by atoms with van der Waals surface area (Å²) in [5.74, 6) is 3.47. The normalized spacial score (nSPS) is 15.2. The number of aromatic nitrogens is 4. The third-order valence-corrected chi connectivity index (χ3v) is 6.25. The molecule has 8 heteroatoms. The van der Waals surface area contributed by atoms with E-state index in [2.05, 4.69) is 63.1 Å². The van der Waals surface area contributed by atoms with Crippen LogP contribution in [0.3, 0.4) is 0 Å². The van der Waals surface area contributed by atoms with Crippen molar-refractivity contribution in [1.29, 1.82) is 0 Å². The Labute approximate surface area is 201 Å². The molecule has 3 aromatic rings. The van der Waals surface area contributed by atoms with E-state index in [-0.39, 0.29) is 11.8 Å². The largest absolute Gasteiger partial charge is 0.356 e. The maximum absolute atomic E-state index is 5.87. The Morgan fingerprint density at radius 1 is 1.18 bits per heavy atom. The molecule has 0 unspecified atom stereocenters. The Balaban J connectivity index is 1.45. The first-order chi connectivity index (χ1) is 16.6. The number of nitrogens with zero attached hydrogens (tertiary/aromatic N) is 6. The highest BCUT2D eigenvalue weighted by molar-refractivity contribution is 6.00. The predicted molar refractivity (Wildman–Crippen MR) is 132 cm³/mol. The van der Waals surface area contributed by atoms with Crippen molar-refractivity contribution in [3.63, 3.8) is 0 Å². The molecule has 0 amide bonds. The maximum atomic E-state index is 5.87. The van der Waals surface area contributed by atoms with Crippen LogP contribution in [0.15, 0.2) is 46.3 Å². The molecule has 1 fully saturated rings. The molecular formula is C26H34N6O2. The van der Waals surface area contributed by atoms with Crippen molar-refractivity contribution < 1.29 is 9.36 Å². The lowest BCUT2D eigenvalue weighted by Gasteiger charge is -2.32. The number of anilines is 1. The number of benzene rings is 1. The van der Waals surface area contributed by atoms with E-state index in [1.165, 1.54) is 0 Å². The zero-order chi connectivity index (χ0) is 23.9. The minimum atomic E-state index is 0.270. The Morgan fingerprint density at radius 3 is 2.62 bits per heavy atom. The second-order valence-electron chi connectivity index (χ2n) is 9.13. The second kappa shape index (κ2) is 11.2. The SMILES string of the molecule is CCCC/C(=N/Oc1ncnc(N2CCC(c3nc(C(C)C)no3)CC2)c1C)c1ccccc1. The molecule has 8 nitrogen and oxygen atoms in total. The van der Waals surface area contributed by atoms with Crippen molar-refractivity contribution in [3.8, 4) is 5.88 Å². The summed E-state index contributed by atoms with van der Waals surface area (Å²) in [6.45, 7) is 10.0. The summed E-state index contributed by atoms with van der Waals surface area (Å²) in [6.07, 6.45) is 6.44. The van der Waals surface area contributed by atoms with E-state index in [0.29, 0.717) is 5.88 Å². The van der Waals surface area contributed by atoms with Gasteiger partial charge in [-0.25, -0.2) is 4.98 Å². The van der Waals surface area contributed by atoms with E-state index in [1.54, 1.807) is 6.33 Å². The summed E-state index contributed by atoms with van der Waals surface area (Å²) in [5, 5.41) is 8.62. The Kier molecular flexibility index (Phi) is 7.87. The number of hydrogen-bond donors (Lipinski definition) is 0. The number of hydrogen-bond acceptors (Lipinski definition) is 8. The van der Waals surface area contributed by atoms with Crippen molar-refractivity contribution in [2.75, 3.05) is 18.0 Å². The number of oxime groups is 1. The number of piperidine rings is 1. The minimum absolute atomic E-state index is 0.270. The van der Waals surface area contributed by atoms with Gasteiger partial charge in [-0.15, -0.1) is 0 Å². The summed E-state index contributed by atoms with van der Waals surface area (Å²) in [4.78, 5) is 21.7. The lowest BCUT2D eigenvalue weighted by molar-refractivity contribution is 0.320. The Bertz CT molecular complexity index is 1090. The topological polar surface area (TPSA) is 89.5 Å². The molecule has 34 heavy (non-hydrogen) atoms. The third kappa shape index (κ3) is 5.61. The summed E-state index contributed by atoms with van der Waals surface area (Å²) >= 11 is 0. The zero-order valence-corrected chi connectivity index (χ0v) is 20.6. The van der Waals surface area contributed by atoms with Gasteiger partial charge in [0, 0.05) is 24.9 Å². The molecule has 0 radical (unpaired) electrons. The zero-order valence-electron chi connectivity index (χ0n) is 20.6. The molecule has 0 bridgehead atoms. The fraction of sp³-hybridized carbons (Fsp3) is 0.500. The fourth-order valence-electron chi connectivity index (χ4n) is 4.14. The van der Waals surface area contributed by atoms with Crippen LogP contribution < -0.4 is 9.74 Å². The van der Waals surface area contributed by atoms with Crippen molar-refractivity contribution >= 4 is 11.5 Å². The lowest BCUT2D eigenvalue weighted by atomic mass is 9.96. The van der Waals surface area contributed by atoms with Gasteiger partial charge in [0.1, 0.15) is 12.1 Å². The molecular weight excluding hydrogens is 428 g/mol. The summed E-state index contributed by atoms with van der Waals surface area (Å²) in [7, 11) is 0. The van der Waals surface area contributed by atoms with Crippen LogP contribution in [0, 0.1) is 6.92 Å². The van der Waals surface area contributed by atoms with Crippen molar-refractivity contribution in [2.24, 2.45) is 5.16 Å². The second-order valence-corrected chi connectivity index (χ2v) is 9.13. The molecule has 4 rings (SSSR count). The Hall–Kier alpha value is -3.29. The van der Waals surface area contributed by atoms with Gasteiger partial charge in [-0.3, -0.25) is 0 Å². The number of unbranched alkanes of at least 4 members (excludes halogenated alkanes) is 1. The van der Waals surface area contributed by atoms with Gasteiger partial charge < -0.3 is 14.3 Å². The van der Waals surface area contributed by atoms with Gasteiger partial charge in [-0.2, -0.15) is 9.97 Å². The van der Waals surface area contributed by atoms with Crippen molar-refractivity contribution in [1.82, 2.24) is 20.1 Å². The quantitative estimate of drug-likeness (QED) is 0.300. The first-order valence-corrected chi connectivity index (χ1v) is 12.3. The first kappa shape index (κ1) is 23.9. The summed E-state index contributed by atoms with van der Waals surface area (Å²) in [5.41, 5.74) is 2.90. The van der Waals surface area contributed by atoms with Crippen LogP contribution in [-0.4, -0.2) is 38.9 Å². The smallest absolute Gasteiger partial charge is 0.256 e. The molecule has 0 spiro atoms. The molecule has 0 aliphatic carbocycles. The monoisotopic (exact) mass is 462 g/mol. The van der Waals surface area contributed by atoms with Crippen LogP contribution in [0.5, 0.6) is 5.88 Å². The highest BCUT2D eigenvalue weighted by atomic mass is 16.6. The summed E-state index contributed by atoms with van der Waals surface area (Å²) < 4.78 is 5.53. The van der Waals surface area contributed by atoms with Crippen LogP contribution in [0.1, 0.15) is 87.6 Å². The molecule has 1 aliphatic heterocycles. The van der Waals surface area contributed by atoms with Crippen molar-refractivity contribution in [2.45, 2.75) is 71.6 Å². The highest BCUT2D eigenvalue weighted by Gasteiger charge is 2.27. The van der Waals surface area contributed by atoms with Crippen LogP contribution in [0.2, 0.25) is 0 Å². The third-order valence-electron chi connectivity index (χ3n) is 6.25. The van der Waals surface area contributed by atoms with Gasteiger partial charge in [0.25, 0.3) is 5.88 Å². The van der Waals surface area contributed by atoms with Crippen molar-refractivity contribution in [3.05, 3.63) is 59.5 Å². The van der Waals surface area contributed by atoms with E-state index in [4.69, 9.17) is 9.36 Å². The Morgan fingerprint density at radius 2 is 1.94 bits per heavy atom. The van der Waals surface area contributed by atoms with Gasteiger partial charge in [0.2, 0.25) is 5.89 Å². The first-order valence-electron chi connectivity index (χ1n) is 12.3. The average Bonchev–Trinajstić information content (AvgIpc) is 3.37. The van der Waals surface area contributed by atoms with Crippen LogP contribution >= 0.6 is 0 Å². The predicted octanol–water partition coefficient (Wildman–Crippen LogP) is 5.65. The van der Waals surface area contributed by atoms with Gasteiger partial charge in [-0.05, 0) is 38.2 Å². The van der Waals surface area contributed by atoms with Gasteiger partial charge in [-0.1, -0.05) is 67.8 Å². The minimum Gasteiger partial charge on any atom is -0.356 e. The van der Waals surface area contributed by atoms with Crippen LogP contribution in [0.25, 0.3) is 0 Å². The lowest BCUT2D eigenvalue weighted by Crippen LogP contribution is -2.34. The van der Waals surface area contributed by atoms with E-state index in [9.17, 15) is 0 Å². The molecule has 180 valence electrons. The molecule has 0 N–H and O–H groups in total. The molecule has 0 saturated carbocycles. The van der Waals surface area contributed by atoms with E-state index in [1.807, 2.05) is 25.1 Å². The van der Waals surface area contributed by atoms with Crippen LogP contribution in [-0.2, 0) is 0 Å². The van der Waals surface area contributed by atoms with Gasteiger partial charge >= 0.3 is 0 Å². The summed E-state index contributed by atoms with van der Waals surface area (Å²) in [6, 6.07) is 10.2. The average molecular weight is 463 g/mol. The fourth-order valence-corrected chi connectivity index (χ4v) is 4.14. The molecule has 1 saturated heterocycles. The number of rotatable bonds is 9. The molecule has 3 heterocycles. The molecule has 1 aromatic carbocycles. The van der Waals surface area contributed by atoms with E-state index < -0.39 is 0 Å². The van der Waals surface area contributed by atoms with Crippen LogP contribution in [0.4, 0.5) is 5.82 Å². The van der Waals surface area contributed by atoms with Gasteiger partial charge in [0.15, 0.2) is 5.82 Å². The van der Waals surface area contributed by atoms with E-state index in [0.717, 1.165) is 79.6 Å². The maximum Gasteiger partial charge on any atom is 0.256 e. The van der Waals surface area contributed by atoms with E-state index >= 15 is 0 Å². The standard InChI is InChI=1S/C26H34N6O2/c1-5-6-12-22(20-10-8-7-9-11-20)30-33-25-19(4)24(27-17-28-25)32-15-13-21(14-16-32)26-29-23(18(2)3)31-34-26/h7-11,17-18,21H,5-6,12-16H2,1-4H3/b30-22-. The molecule has 1 aliphatic rings. The highest BCUT2D eigenvalue weighted by Crippen LogP contribution is 2.32. The molecule has 2 aromatic heterocycles. The van der Waals surface area contributed by atoms with Gasteiger partial charge in [0.05, 0.1) is 11.3 Å². The molecule has 0 atom stereocenters.